The summed E-state index contributed by atoms with van der Waals surface area (Å²) in [4.78, 5) is 28.2. The summed E-state index contributed by atoms with van der Waals surface area (Å²) in [5, 5.41) is 9.47. The van der Waals surface area contributed by atoms with Crippen molar-refractivity contribution in [3.8, 4) is 6.07 Å². The first kappa shape index (κ1) is 10.6. The van der Waals surface area contributed by atoms with E-state index in [9.17, 15) is 9.59 Å². The number of amides is 2. The van der Waals surface area contributed by atoms with Crippen molar-refractivity contribution in [2.45, 2.75) is 0 Å². The Morgan fingerprint density at radius 1 is 1.22 bits per heavy atom. The Morgan fingerprint density at radius 3 is 2.61 bits per heavy atom. The maximum absolute atomic E-state index is 11.6. The molecule has 6 nitrogen and oxygen atoms in total. The van der Waals surface area contributed by atoms with E-state index in [2.05, 4.69) is 9.36 Å². The average molecular weight is 256 g/mol. The number of nitrogens with zero attached hydrogens (tertiary/aromatic N) is 4. The lowest BCUT2D eigenvalue weighted by molar-refractivity contribution is -0.119. The summed E-state index contributed by atoms with van der Waals surface area (Å²) in [6.07, 6.45) is 5.26. The zero-order chi connectivity index (χ0) is 12.7. The summed E-state index contributed by atoms with van der Waals surface area (Å²) in [6, 6.07) is 1.95. The third-order valence-electron chi connectivity index (χ3n) is 2.53. The second-order valence-corrected chi connectivity index (χ2v) is 4.32. The normalized spacial score (nSPS) is 14.5. The predicted octanol–water partition coefficient (Wildman–Crippen LogP) is 0.992. The standard InChI is InChI=1S/C11H4N4O2S/c12-3-7-6-4-14-18-11(6)8(5-13-7)15-9(16)1-2-10(15)17/h1-2,4-5H. The molecule has 2 aromatic heterocycles. The number of pyridine rings is 1. The van der Waals surface area contributed by atoms with E-state index in [0.29, 0.717) is 15.8 Å². The number of imide groups is 1. The summed E-state index contributed by atoms with van der Waals surface area (Å²) in [5.74, 6) is -0.831. The summed E-state index contributed by atoms with van der Waals surface area (Å²) in [5.41, 5.74) is 0.598. The number of carbonyl (C=O) groups is 2. The molecule has 2 aromatic rings. The van der Waals surface area contributed by atoms with Crippen LogP contribution in [0.1, 0.15) is 5.69 Å². The van der Waals surface area contributed by atoms with Crippen LogP contribution in [0.15, 0.2) is 24.5 Å². The monoisotopic (exact) mass is 256 g/mol. The molecule has 3 heterocycles. The first-order valence-electron chi connectivity index (χ1n) is 4.92. The zero-order valence-electron chi connectivity index (χ0n) is 8.82. The SMILES string of the molecule is N#Cc1ncc(N2C(=O)C=CC2=O)c2sncc12. The van der Waals surface area contributed by atoms with Crippen molar-refractivity contribution in [2.24, 2.45) is 0 Å². The maximum Gasteiger partial charge on any atom is 0.258 e. The number of anilines is 1. The molecule has 86 valence electrons. The molecular formula is C11H4N4O2S. The fourth-order valence-corrected chi connectivity index (χ4v) is 2.48. The third kappa shape index (κ3) is 1.33. The van der Waals surface area contributed by atoms with Gasteiger partial charge in [-0.05, 0) is 11.5 Å². The van der Waals surface area contributed by atoms with Gasteiger partial charge in [-0.1, -0.05) is 0 Å². The Kier molecular flexibility index (Phi) is 2.18. The van der Waals surface area contributed by atoms with Crippen LogP contribution >= 0.6 is 11.5 Å². The van der Waals surface area contributed by atoms with Gasteiger partial charge in [0.1, 0.15) is 6.07 Å². The van der Waals surface area contributed by atoms with E-state index in [0.717, 1.165) is 16.4 Å². The number of hydrogen-bond donors (Lipinski definition) is 0. The van der Waals surface area contributed by atoms with Gasteiger partial charge in [-0.2, -0.15) is 9.64 Å². The molecule has 0 bridgehead atoms. The Bertz CT molecular complexity index is 738. The van der Waals surface area contributed by atoms with Crippen LogP contribution in [0.3, 0.4) is 0 Å². The van der Waals surface area contributed by atoms with Gasteiger partial charge in [-0.15, -0.1) is 0 Å². The van der Waals surface area contributed by atoms with Crippen molar-refractivity contribution in [1.29, 1.82) is 5.26 Å². The molecule has 1 aliphatic heterocycles. The summed E-state index contributed by atoms with van der Waals surface area (Å²) in [6.45, 7) is 0. The number of fused-ring (bicyclic) bond motifs is 1. The lowest BCUT2D eigenvalue weighted by Gasteiger charge is -2.13. The molecule has 0 N–H and O–H groups in total. The van der Waals surface area contributed by atoms with Crippen LogP contribution in [-0.4, -0.2) is 21.2 Å². The Labute approximate surface area is 105 Å². The van der Waals surface area contributed by atoms with Crippen molar-refractivity contribution in [3.63, 3.8) is 0 Å². The largest absolute Gasteiger partial charge is 0.269 e. The molecule has 3 rings (SSSR count). The number of carbonyl (C=O) groups excluding carboxylic acids is 2. The van der Waals surface area contributed by atoms with E-state index in [4.69, 9.17) is 5.26 Å². The molecular weight excluding hydrogens is 252 g/mol. The van der Waals surface area contributed by atoms with Crippen LogP contribution < -0.4 is 4.90 Å². The average Bonchev–Trinajstić information content (AvgIpc) is 2.96. The van der Waals surface area contributed by atoms with Crippen molar-refractivity contribution in [2.75, 3.05) is 4.90 Å². The smallest absolute Gasteiger partial charge is 0.258 e. The number of nitriles is 1. The van der Waals surface area contributed by atoms with Crippen molar-refractivity contribution >= 4 is 39.1 Å². The van der Waals surface area contributed by atoms with Crippen LogP contribution in [0, 0.1) is 11.3 Å². The number of hydrogen-bond acceptors (Lipinski definition) is 6. The van der Waals surface area contributed by atoms with Crippen LogP contribution in [-0.2, 0) is 9.59 Å². The van der Waals surface area contributed by atoms with E-state index in [-0.39, 0.29) is 5.69 Å². The van der Waals surface area contributed by atoms with Gasteiger partial charge in [0.2, 0.25) is 0 Å². The van der Waals surface area contributed by atoms with Gasteiger partial charge in [0.05, 0.1) is 28.2 Å². The van der Waals surface area contributed by atoms with E-state index >= 15 is 0 Å². The van der Waals surface area contributed by atoms with Crippen LogP contribution in [0.25, 0.3) is 10.1 Å². The highest BCUT2D eigenvalue weighted by Crippen LogP contribution is 2.32. The van der Waals surface area contributed by atoms with E-state index < -0.39 is 11.8 Å². The van der Waals surface area contributed by atoms with E-state index in [1.54, 1.807) is 0 Å². The number of rotatable bonds is 1. The second kappa shape index (κ2) is 3.72. The molecule has 0 saturated carbocycles. The molecule has 0 radical (unpaired) electrons. The summed E-state index contributed by atoms with van der Waals surface area (Å²) in [7, 11) is 0. The second-order valence-electron chi connectivity index (χ2n) is 3.52. The topological polar surface area (TPSA) is 87.0 Å². The van der Waals surface area contributed by atoms with Crippen molar-refractivity contribution in [1.82, 2.24) is 9.36 Å². The van der Waals surface area contributed by atoms with Crippen LogP contribution in [0.4, 0.5) is 5.69 Å². The molecule has 0 spiro atoms. The molecule has 7 heteroatoms. The van der Waals surface area contributed by atoms with E-state index in [1.807, 2.05) is 6.07 Å². The predicted molar refractivity (Wildman–Crippen MR) is 63.8 cm³/mol. The van der Waals surface area contributed by atoms with Gasteiger partial charge in [-0.3, -0.25) is 9.59 Å². The molecule has 0 aliphatic carbocycles. The van der Waals surface area contributed by atoms with E-state index in [1.165, 1.54) is 24.5 Å². The fraction of sp³-hybridized carbons (Fsp3) is 0. The molecule has 18 heavy (non-hydrogen) atoms. The Morgan fingerprint density at radius 2 is 1.94 bits per heavy atom. The van der Waals surface area contributed by atoms with Crippen LogP contribution in [0.2, 0.25) is 0 Å². The molecule has 0 fully saturated rings. The molecule has 1 aliphatic rings. The van der Waals surface area contributed by atoms with Crippen LogP contribution in [0.5, 0.6) is 0 Å². The minimum atomic E-state index is -0.416. The molecule has 0 unspecified atom stereocenters. The maximum atomic E-state index is 11.6. The Balaban J connectivity index is 2.26. The highest BCUT2D eigenvalue weighted by atomic mass is 32.1. The molecule has 0 saturated heterocycles. The van der Waals surface area contributed by atoms with Gasteiger partial charge in [-0.25, -0.2) is 9.88 Å². The lowest BCUT2D eigenvalue weighted by atomic mass is 10.2. The molecule has 0 aromatic carbocycles. The molecule has 0 atom stereocenters. The van der Waals surface area contributed by atoms with Crippen molar-refractivity contribution in [3.05, 3.63) is 30.2 Å². The Hall–Kier alpha value is -2.59. The minimum absolute atomic E-state index is 0.231. The summed E-state index contributed by atoms with van der Waals surface area (Å²) >= 11 is 1.12. The highest BCUT2D eigenvalue weighted by molar-refractivity contribution is 7.14. The zero-order valence-corrected chi connectivity index (χ0v) is 9.64. The number of aromatic nitrogens is 2. The van der Waals surface area contributed by atoms with Gasteiger partial charge in [0.25, 0.3) is 11.8 Å². The molecule has 2 amide bonds. The van der Waals surface area contributed by atoms with Gasteiger partial charge < -0.3 is 0 Å². The van der Waals surface area contributed by atoms with Crippen molar-refractivity contribution < 1.29 is 9.59 Å². The minimum Gasteiger partial charge on any atom is -0.269 e. The quantitative estimate of drug-likeness (QED) is 0.710. The highest BCUT2D eigenvalue weighted by Gasteiger charge is 2.28. The van der Waals surface area contributed by atoms with Gasteiger partial charge in [0, 0.05) is 12.2 Å². The first-order chi connectivity index (χ1) is 8.72. The summed E-state index contributed by atoms with van der Waals surface area (Å²) < 4.78 is 4.58. The van der Waals surface area contributed by atoms with Gasteiger partial charge >= 0.3 is 0 Å². The first-order valence-corrected chi connectivity index (χ1v) is 5.69. The fourth-order valence-electron chi connectivity index (χ4n) is 1.73. The lowest BCUT2D eigenvalue weighted by Crippen LogP contribution is -2.29. The van der Waals surface area contributed by atoms with Gasteiger partial charge in [0.15, 0.2) is 5.69 Å². The third-order valence-corrected chi connectivity index (χ3v) is 3.35.